The van der Waals surface area contributed by atoms with Crippen molar-refractivity contribution in [2.75, 3.05) is 19.8 Å². The minimum atomic E-state index is -0.469. The summed E-state index contributed by atoms with van der Waals surface area (Å²) in [6, 6.07) is 0. The Hall–Kier alpha value is -1.66. The summed E-state index contributed by atoms with van der Waals surface area (Å²) in [5, 5.41) is 10.1. The molecular formula is C25H38O6. The van der Waals surface area contributed by atoms with Crippen LogP contribution in [0.15, 0.2) is 24.3 Å². The van der Waals surface area contributed by atoms with E-state index in [0.29, 0.717) is 36.0 Å². The molecule has 6 unspecified atom stereocenters. The molecule has 0 heterocycles. The highest BCUT2D eigenvalue weighted by Crippen LogP contribution is 2.48. The second kappa shape index (κ2) is 10.3. The van der Waals surface area contributed by atoms with Gasteiger partial charge in [0.05, 0.1) is 32.0 Å². The first-order valence-electron chi connectivity index (χ1n) is 11.6. The van der Waals surface area contributed by atoms with Gasteiger partial charge in [0.25, 0.3) is 0 Å². The van der Waals surface area contributed by atoms with Crippen LogP contribution < -0.4 is 0 Å². The predicted octanol–water partition coefficient (Wildman–Crippen LogP) is 3.97. The van der Waals surface area contributed by atoms with Crippen LogP contribution in [0.4, 0.5) is 0 Å². The summed E-state index contributed by atoms with van der Waals surface area (Å²) in [7, 11) is 0. The molecule has 0 spiro atoms. The summed E-state index contributed by atoms with van der Waals surface area (Å²) >= 11 is 0. The maximum Gasteiger partial charge on any atom is 0.333 e. The van der Waals surface area contributed by atoms with Gasteiger partial charge in [-0.05, 0) is 64.2 Å². The fourth-order valence-electron chi connectivity index (χ4n) is 5.66. The SMILES string of the molecule is C=C(C)C(=O)OCC1CC2CCC(C2)C1OC1CCCC(CO)(COC(=O)C(=C)C)C1. The van der Waals surface area contributed by atoms with Crippen molar-refractivity contribution in [3.05, 3.63) is 24.3 Å². The average molecular weight is 435 g/mol. The largest absolute Gasteiger partial charge is 0.462 e. The molecule has 0 aromatic rings. The van der Waals surface area contributed by atoms with Crippen LogP contribution in [0.1, 0.15) is 65.2 Å². The van der Waals surface area contributed by atoms with Crippen LogP contribution in [0.5, 0.6) is 0 Å². The van der Waals surface area contributed by atoms with Crippen molar-refractivity contribution >= 4 is 11.9 Å². The highest BCUT2D eigenvalue weighted by Gasteiger charge is 2.46. The molecule has 0 aromatic heterocycles. The van der Waals surface area contributed by atoms with Gasteiger partial charge in [-0.15, -0.1) is 0 Å². The molecule has 1 N–H and O–H groups in total. The third-order valence-corrected chi connectivity index (χ3v) is 7.36. The zero-order valence-electron chi connectivity index (χ0n) is 19.1. The normalized spacial score (nSPS) is 34.7. The molecule has 31 heavy (non-hydrogen) atoms. The number of carbonyl (C=O) groups excluding carboxylic acids is 2. The second-order valence-electron chi connectivity index (χ2n) is 10.1. The molecule has 0 radical (unpaired) electrons. The number of aliphatic hydroxyl groups is 1. The third-order valence-electron chi connectivity index (χ3n) is 7.36. The van der Waals surface area contributed by atoms with E-state index in [2.05, 4.69) is 13.2 Å². The smallest absolute Gasteiger partial charge is 0.333 e. The lowest BCUT2D eigenvalue weighted by atomic mass is 9.73. The maximum absolute atomic E-state index is 11.9. The molecule has 3 aliphatic rings. The van der Waals surface area contributed by atoms with Crippen molar-refractivity contribution in [2.24, 2.45) is 23.2 Å². The highest BCUT2D eigenvalue weighted by atomic mass is 16.5. The molecular weight excluding hydrogens is 396 g/mol. The molecule has 6 atom stereocenters. The number of carbonyl (C=O) groups is 2. The Morgan fingerprint density at radius 2 is 1.74 bits per heavy atom. The molecule has 3 fully saturated rings. The van der Waals surface area contributed by atoms with E-state index in [0.717, 1.165) is 32.1 Å². The molecule has 6 heteroatoms. The monoisotopic (exact) mass is 434 g/mol. The van der Waals surface area contributed by atoms with Crippen molar-refractivity contribution in [1.82, 2.24) is 0 Å². The molecule has 3 saturated carbocycles. The molecule has 3 rings (SSSR count). The van der Waals surface area contributed by atoms with Gasteiger partial charge in [-0.2, -0.15) is 0 Å². The Labute approximate surface area is 186 Å². The van der Waals surface area contributed by atoms with E-state index in [9.17, 15) is 14.7 Å². The minimum Gasteiger partial charge on any atom is -0.462 e. The van der Waals surface area contributed by atoms with Gasteiger partial charge < -0.3 is 19.3 Å². The van der Waals surface area contributed by atoms with Crippen molar-refractivity contribution in [1.29, 1.82) is 0 Å². The van der Waals surface area contributed by atoms with Crippen LogP contribution in [0.25, 0.3) is 0 Å². The van der Waals surface area contributed by atoms with Gasteiger partial charge in [0.2, 0.25) is 0 Å². The quantitative estimate of drug-likeness (QED) is 0.437. The Bertz CT molecular complexity index is 700. The fourth-order valence-corrected chi connectivity index (χ4v) is 5.66. The van der Waals surface area contributed by atoms with Crippen LogP contribution in [0, 0.1) is 23.2 Å². The lowest BCUT2D eigenvalue weighted by Crippen LogP contribution is -2.45. The Morgan fingerprint density at radius 3 is 2.42 bits per heavy atom. The summed E-state index contributed by atoms with van der Waals surface area (Å²) in [5.41, 5.74) is 0.311. The van der Waals surface area contributed by atoms with Gasteiger partial charge >= 0.3 is 11.9 Å². The van der Waals surface area contributed by atoms with E-state index in [1.54, 1.807) is 13.8 Å². The van der Waals surface area contributed by atoms with E-state index < -0.39 is 11.4 Å². The van der Waals surface area contributed by atoms with E-state index in [1.807, 2.05) is 0 Å². The highest BCUT2D eigenvalue weighted by molar-refractivity contribution is 5.87. The average Bonchev–Trinajstić information content (AvgIpc) is 3.15. The topological polar surface area (TPSA) is 82.1 Å². The Kier molecular flexibility index (Phi) is 7.98. The fraction of sp³-hybridized carbons (Fsp3) is 0.760. The lowest BCUT2D eigenvalue weighted by molar-refractivity contribution is -0.158. The van der Waals surface area contributed by atoms with Gasteiger partial charge in [0.1, 0.15) is 0 Å². The second-order valence-corrected chi connectivity index (χ2v) is 10.1. The number of fused-ring (bicyclic) bond motifs is 2. The number of ether oxygens (including phenoxy) is 3. The first-order valence-corrected chi connectivity index (χ1v) is 11.6. The van der Waals surface area contributed by atoms with Gasteiger partial charge in [0, 0.05) is 22.5 Å². The summed E-state index contributed by atoms with van der Waals surface area (Å²) in [4.78, 5) is 23.8. The van der Waals surface area contributed by atoms with E-state index >= 15 is 0 Å². The summed E-state index contributed by atoms with van der Waals surface area (Å²) in [6.45, 7) is 11.1. The van der Waals surface area contributed by atoms with E-state index in [-0.39, 0.29) is 37.3 Å². The van der Waals surface area contributed by atoms with E-state index in [4.69, 9.17) is 14.2 Å². The molecule has 174 valence electrons. The van der Waals surface area contributed by atoms with Gasteiger partial charge in [-0.1, -0.05) is 26.0 Å². The van der Waals surface area contributed by atoms with Crippen molar-refractivity contribution in [2.45, 2.75) is 77.4 Å². The third kappa shape index (κ3) is 5.98. The Morgan fingerprint density at radius 1 is 1.03 bits per heavy atom. The standard InChI is InChI=1S/C25H38O6/c1-16(2)23(27)29-13-20-11-18-7-8-19(10-18)22(20)31-21-6-5-9-25(12-21,14-26)15-30-24(28)17(3)4/h18-22,26H,1,3,5-15H2,2,4H3. The zero-order chi connectivity index (χ0) is 22.6. The van der Waals surface area contributed by atoms with Crippen molar-refractivity contribution in [3.8, 4) is 0 Å². The first kappa shape index (κ1) is 24.0. The van der Waals surface area contributed by atoms with Crippen LogP contribution in [0.2, 0.25) is 0 Å². The lowest BCUT2D eigenvalue weighted by Gasteiger charge is -2.43. The van der Waals surface area contributed by atoms with Gasteiger partial charge in [-0.3, -0.25) is 0 Å². The molecule has 0 aliphatic heterocycles. The molecule has 6 nitrogen and oxygen atoms in total. The predicted molar refractivity (Wildman–Crippen MR) is 117 cm³/mol. The van der Waals surface area contributed by atoms with Crippen molar-refractivity contribution in [3.63, 3.8) is 0 Å². The van der Waals surface area contributed by atoms with Gasteiger partial charge in [-0.25, -0.2) is 9.59 Å². The summed E-state index contributed by atoms with van der Waals surface area (Å²) < 4.78 is 17.6. The van der Waals surface area contributed by atoms with E-state index in [1.165, 1.54) is 12.8 Å². The van der Waals surface area contributed by atoms with Crippen LogP contribution in [-0.2, 0) is 23.8 Å². The number of hydrogen-bond donors (Lipinski definition) is 1. The molecule has 0 aromatic carbocycles. The molecule has 0 amide bonds. The number of esters is 2. The number of rotatable bonds is 9. The summed E-state index contributed by atoms with van der Waals surface area (Å²) in [6.07, 6.45) is 7.99. The van der Waals surface area contributed by atoms with Crippen LogP contribution in [0.3, 0.4) is 0 Å². The van der Waals surface area contributed by atoms with Crippen molar-refractivity contribution < 1.29 is 28.9 Å². The number of aliphatic hydroxyl groups excluding tert-OH is 1. The van der Waals surface area contributed by atoms with Crippen LogP contribution in [-0.4, -0.2) is 49.1 Å². The summed E-state index contributed by atoms with van der Waals surface area (Å²) in [5.74, 6) is 0.635. The molecule has 2 bridgehead atoms. The zero-order valence-corrected chi connectivity index (χ0v) is 19.1. The molecule has 0 saturated heterocycles. The first-order chi connectivity index (χ1) is 14.7. The minimum absolute atomic E-state index is 0.00548. The maximum atomic E-state index is 11.9. The van der Waals surface area contributed by atoms with Gasteiger partial charge in [0.15, 0.2) is 0 Å². The molecule has 3 aliphatic carbocycles. The van der Waals surface area contributed by atoms with Crippen LogP contribution >= 0.6 is 0 Å². The number of hydrogen-bond acceptors (Lipinski definition) is 6. The Balaban J connectivity index is 1.63.